The van der Waals surface area contributed by atoms with Crippen LogP contribution in [0.4, 0.5) is 5.69 Å². The van der Waals surface area contributed by atoms with Crippen molar-refractivity contribution in [3.8, 4) is 22.6 Å². The van der Waals surface area contributed by atoms with E-state index in [0.29, 0.717) is 29.0 Å². The van der Waals surface area contributed by atoms with Gasteiger partial charge in [-0.05, 0) is 29.7 Å². The fourth-order valence-corrected chi connectivity index (χ4v) is 2.91. The summed E-state index contributed by atoms with van der Waals surface area (Å²) in [6, 6.07) is 10.3. The Labute approximate surface area is 180 Å². The largest absolute Gasteiger partial charge is 0.497 e. The molecular weight excluding hydrogens is 404 g/mol. The minimum Gasteiger partial charge on any atom is -0.497 e. The standard InChI is InChI=1S/C22H26N2O7/c1-5-14(2)21(22(26)30-4)23-20(25)13-31-19-11-8-16(24(27)28)12-18(19)15-6-9-17(29-3)10-7-15/h6-12,14,21H,5,13H2,1-4H3,(H,23,25). The van der Waals surface area contributed by atoms with Crippen molar-refractivity contribution in [2.75, 3.05) is 20.8 Å². The smallest absolute Gasteiger partial charge is 0.328 e. The summed E-state index contributed by atoms with van der Waals surface area (Å²) in [4.78, 5) is 35.1. The lowest BCUT2D eigenvalue weighted by molar-refractivity contribution is -0.384. The van der Waals surface area contributed by atoms with Gasteiger partial charge in [-0.15, -0.1) is 0 Å². The number of benzene rings is 2. The van der Waals surface area contributed by atoms with E-state index in [9.17, 15) is 19.7 Å². The van der Waals surface area contributed by atoms with Gasteiger partial charge in [-0.25, -0.2) is 4.79 Å². The van der Waals surface area contributed by atoms with E-state index in [1.54, 1.807) is 24.3 Å². The van der Waals surface area contributed by atoms with Crippen molar-refractivity contribution in [2.24, 2.45) is 5.92 Å². The molecule has 0 aromatic heterocycles. The zero-order valence-corrected chi connectivity index (χ0v) is 17.9. The Kier molecular flexibility index (Phi) is 8.36. The van der Waals surface area contributed by atoms with Crippen LogP contribution in [0, 0.1) is 16.0 Å². The molecule has 1 amide bonds. The summed E-state index contributed by atoms with van der Waals surface area (Å²) in [5.74, 6) is -0.226. The zero-order chi connectivity index (χ0) is 23.0. The van der Waals surface area contributed by atoms with Crippen LogP contribution in [0.1, 0.15) is 20.3 Å². The summed E-state index contributed by atoms with van der Waals surface area (Å²) >= 11 is 0. The number of esters is 1. The maximum absolute atomic E-state index is 12.4. The molecule has 2 atom stereocenters. The van der Waals surface area contributed by atoms with E-state index in [4.69, 9.17) is 14.2 Å². The lowest BCUT2D eigenvalue weighted by Crippen LogP contribution is -2.47. The predicted molar refractivity (Wildman–Crippen MR) is 114 cm³/mol. The van der Waals surface area contributed by atoms with E-state index in [2.05, 4.69) is 5.32 Å². The molecule has 0 bridgehead atoms. The predicted octanol–water partition coefficient (Wildman–Crippen LogP) is 3.35. The van der Waals surface area contributed by atoms with E-state index < -0.39 is 22.8 Å². The molecule has 0 heterocycles. The quantitative estimate of drug-likeness (QED) is 0.349. The van der Waals surface area contributed by atoms with Gasteiger partial charge < -0.3 is 19.5 Å². The maximum Gasteiger partial charge on any atom is 0.328 e. The van der Waals surface area contributed by atoms with Crippen LogP contribution >= 0.6 is 0 Å². The van der Waals surface area contributed by atoms with Gasteiger partial charge in [0.15, 0.2) is 6.61 Å². The number of amides is 1. The monoisotopic (exact) mass is 430 g/mol. The second kappa shape index (κ2) is 11.0. The lowest BCUT2D eigenvalue weighted by Gasteiger charge is -2.22. The van der Waals surface area contributed by atoms with Crippen molar-refractivity contribution < 1.29 is 28.7 Å². The molecule has 0 aliphatic carbocycles. The topological polar surface area (TPSA) is 117 Å². The highest BCUT2D eigenvalue weighted by Gasteiger charge is 2.27. The number of carbonyl (C=O) groups is 2. The van der Waals surface area contributed by atoms with Crippen LogP contribution in [0.2, 0.25) is 0 Å². The molecule has 2 rings (SSSR count). The Balaban J connectivity index is 2.22. The van der Waals surface area contributed by atoms with Crippen molar-refractivity contribution in [1.82, 2.24) is 5.32 Å². The molecule has 31 heavy (non-hydrogen) atoms. The van der Waals surface area contributed by atoms with Gasteiger partial charge in [0, 0.05) is 17.7 Å². The number of nitro groups is 1. The number of carbonyl (C=O) groups excluding carboxylic acids is 2. The molecule has 2 aromatic rings. The van der Waals surface area contributed by atoms with Crippen molar-refractivity contribution in [3.05, 3.63) is 52.6 Å². The minimum atomic E-state index is -0.788. The summed E-state index contributed by atoms with van der Waals surface area (Å²) in [5.41, 5.74) is 1.01. The van der Waals surface area contributed by atoms with Crippen LogP contribution in [0.5, 0.6) is 11.5 Å². The average molecular weight is 430 g/mol. The molecule has 0 saturated heterocycles. The summed E-state index contributed by atoms with van der Waals surface area (Å²) < 4.78 is 15.6. The first-order chi connectivity index (χ1) is 14.8. The van der Waals surface area contributed by atoms with Crippen molar-refractivity contribution >= 4 is 17.6 Å². The number of nitro benzene ring substituents is 1. The van der Waals surface area contributed by atoms with Crippen LogP contribution in [0.15, 0.2) is 42.5 Å². The highest BCUT2D eigenvalue weighted by molar-refractivity contribution is 5.85. The highest BCUT2D eigenvalue weighted by atomic mass is 16.6. The molecule has 2 aromatic carbocycles. The Bertz CT molecular complexity index is 928. The van der Waals surface area contributed by atoms with Gasteiger partial charge >= 0.3 is 5.97 Å². The van der Waals surface area contributed by atoms with Gasteiger partial charge in [0.2, 0.25) is 0 Å². The van der Waals surface area contributed by atoms with Crippen LogP contribution in [-0.2, 0) is 14.3 Å². The number of rotatable bonds is 10. The van der Waals surface area contributed by atoms with E-state index in [0.717, 1.165) is 0 Å². The fraction of sp³-hybridized carbons (Fsp3) is 0.364. The molecule has 2 unspecified atom stereocenters. The van der Waals surface area contributed by atoms with Crippen molar-refractivity contribution in [1.29, 1.82) is 0 Å². The zero-order valence-electron chi connectivity index (χ0n) is 17.9. The number of nitrogens with zero attached hydrogens (tertiary/aromatic N) is 1. The molecule has 1 N–H and O–H groups in total. The van der Waals surface area contributed by atoms with Gasteiger partial charge in [0.05, 0.1) is 19.1 Å². The summed E-state index contributed by atoms with van der Waals surface area (Å²) in [7, 11) is 2.80. The van der Waals surface area contributed by atoms with E-state index >= 15 is 0 Å². The van der Waals surface area contributed by atoms with Gasteiger partial charge in [0.25, 0.3) is 11.6 Å². The molecular formula is C22H26N2O7. The summed E-state index contributed by atoms with van der Waals surface area (Å²) in [6.07, 6.45) is 0.672. The third-order valence-corrected chi connectivity index (χ3v) is 4.92. The van der Waals surface area contributed by atoms with Crippen molar-refractivity contribution in [3.63, 3.8) is 0 Å². The van der Waals surface area contributed by atoms with Crippen LogP contribution in [0.3, 0.4) is 0 Å². The number of methoxy groups -OCH3 is 2. The van der Waals surface area contributed by atoms with Crippen LogP contribution < -0.4 is 14.8 Å². The summed E-state index contributed by atoms with van der Waals surface area (Å²) in [5, 5.41) is 13.8. The van der Waals surface area contributed by atoms with Crippen molar-refractivity contribution in [2.45, 2.75) is 26.3 Å². The molecule has 0 aliphatic heterocycles. The van der Waals surface area contributed by atoms with E-state index in [1.807, 2.05) is 13.8 Å². The number of hydrogen-bond acceptors (Lipinski definition) is 7. The molecule has 0 radical (unpaired) electrons. The van der Waals surface area contributed by atoms with Crippen LogP contribution in [0.25, 0.3) is 11.1 Å². The van der Waals surface area contributed by atoms with Gasteiger partial charge in [-0.2, -0.15) is 0 Å². The lowest BCUT2D eigenvalue weighted by atomic mass is 9.99. The first kappa shape index (κ1) is 23.7. The maximum atomic E-state index is 12.4. The molecule has 0 saturated carbocycles. The van der Waals surface area contributed by atoms with Gasteiger partial charge in [-0.1, -0.05) is 32.4 Å². The minimum absolute atomic E-state index is 0.106. The Morgan fingerprint density at radius 2 is 1.81 bits per heavy atom. The average Bonchev–Trinajstić information content (AvgIpc) is 2.80. The van der Waals surface area contributed by atoms with Gasteiger partial charge in [-0.3, -0.25) is 14.9 Å². The molecule has 0 spiro atoms. The SMILES string of the molecule is CCC(C)C(NC(=O)COc1ccc([N+](=O)[O-])cc1-c1ccc(OC)cc1)C(=O)OC. The number of hydrogen-bond donors (Lipinski definition) is 1. The second-order valence-corrected chi connectivity index (χ2v) is 6.91. The van der Waals surface area contributed by atoms with E-state index in [1.165, 1.54) is 32.4 Å². The first-order valence-electron chi connectivity index (χ1n) is 9.73. The third kappa shape index (κ3) is 6.18. The van der Waals surface area contributed by atoms with Gasteiger partial charge in [0.1, 0.15) is 17.5 Å². The summed E-state index contributed by atoms with van der Waals surface area (Å²) in [6.45, 7) is 3.37. The van der Waals surface area contributed by atoms with E-state index in [-0.39, 0.29) is 18.2 Å². The second-order valence-electron chi connectivity index (χ2n) is 6.91. The third-order valence-electron chi connectivity index (χ3n) is 4.92. The number of non-ortho nitro benzene ring substituents is 1. The Hall–Kier alpha value is -3.62. The van der Waals surface area contributed by atoms with Crippen LogP contribution in [-0.4, -0.2) is 43.7 Å². The number of ether oxygens (including phenoxy) is 3. The fourth-order valence-electron chi connectivity index (χ4n) is 2.91. The molecule has 9 nitrogen and oxygen atoms in total. The highest BCUT2D eigenvalue weighted by Crippen LogP contribution is 2.34. The number of nitrogens with one attached hydrogen (secondary N) is 1. The Morgan fingerprint density at radius 3 is 2.35 bits per heavy atom. The molecule has 0 fully saturated rings. The Morgan fingerprint density at radius 1 is 1.13 bits per heavy atom. The molecule has 166 valence electrons. The first-order valence-corrected chi connectivity index (χ1v) is 9.73. The molecule has 9 heteroatoms. The molecule has 0 aliphatic rings. The normalized spacial score (nSPS) is 12.4.